The number of primary amides is 1. The highest BCUT2D eigenvalue weighted by atomic mass is 32.2. The van der Waals surface area contributed by atoms with Crippen LogP contribution in [0.3, 0.4) is 0 Å². The number of benzene rings is 2. The molecule has 0 unspecified atom stereocenters. The van der Waals surface area contributed by atoms with Crippen LogP contribution in [0.4, 0.5) is 15.8 Å². The van der Waals surface area contributed by atoms with Crippen molar-refractivity contribution in [1.29, 1.82) is 0 Å². The predicted molar refractivity (Wildman–Crippen MR) is 117 cm³/mol. The smallest absolute Gasteiger partial charge is 0.283 e. The monoisotopic (exact) mass is 460 g/mol. The van der Waals surface area contributed by atoms with Gasteiger partial charge < -0.3 is 10.6 Å². The zero-order chi connectivity index (χ0) is 22.5. The van der Waals surface area contributed by atoms with Gasteiger partial charge in [-0.15, -0.1) is 23.1 Å². The van der Waals surface area contributed by atoms with Crippen molar-refractivity contribution in [3.63, 3.8) is 0 Å². The first-order valence-corrected chi connectivity index (χ1v) is 10.8. The Labute approximate surface area is 185 Å². The SMILES string of the molecule is Cc1nc(CN(C(=O)CSc2ccc(C(N)=O)cc2[N+](=O)[O-])c2ccc(F)cc2)cs1. The maximum absolute atomic E-state index is 13.3. The minimum atomic E-state index is -0.781. The summed E-state index contributed by atoms with van der Waals surface area (Å²) in [5.41, 5.74) is 6.05. The van der Waals surface area contributed by atoms with Gasteiger partial charge >= 0.3 is 0 Å². The third-order valence-electron chi connectivity index (χ3n) is 4.22. The number of nitro groups is 1. The Morgan fingerprint density at radius 2 is 1.97 bits per heavy atom. The summed E-state index contributed by atoms with van der Waals surface area (Å²) in [6, 6.07) is 9.33. The van der Waals surface area contributed by atoms with Crippen molar-refractivity contribution >= 4 is 46.3 Å². The predicted octanol–water partition coefficient (Wildman–Crippen LogP) is 3.92. The number of thiazole rings is 1. The molecule has 11 heteroatoms. The van der Waals surface area contributed by atoms with E-state index in [1.54, 1.807) is 0 Å². The summed E-state index contributed by atoms with van der Waals surface area (Å²) in [7, 11) is 0. The Hall–Kier alpha value is -3.31. The second kappa shape index (κ2) is 9.67. The zero-order valence-electron chi connectivity index (χ0n) is 16.3. The molecule has 1 heterocycles. The molecule has 2 amide bonds. The van der Waals surface area contributed by atoms with Gasteiger partial charge in [0.05, 0.1) is 32.8 Å². The first kappa shape index (κ1) is 22.4. The molecule has 0 fully saturated rings. The largest absolute Gasteiger partial charge is 0.366 e. The van der Waals surface area contributed by atoms with Crippen LogP contribution < -0.4 is 10.6 Å². The fourth-order valence-electron chi connectivity index (χ4n) is 2.74. The van der Waals surface area contributed by atoms with Crippen molar-refractivity contribution in [2.24, 2.45) is 5.73 Å². The molecule has 0 aliphatic heterocycles. The van der Waals surface area contributed by atoms with Crippen LogP contribution in [0.5, 0.6) is 0 Å². The number of aromatic nitrogens is 1. The lowest BCUT2D eigenvalue weighted by Gasteiger charge is -2.22. The minimum absolute atomic E-state index is 0.00853. The second-order valence-corrected chi connectivity index (χ2v) is 8.49. The quantitative estimate of drug-likeness (QED) is 0.309. The van der Waals surface area contributed by atoms with Crippen LogP contribution in [0.25, 0.3) is 0 Å². The van der Waals surface area contributed by atoms with E-state index in [-0.39, 0.29) is 34.4 Å². The number of hydrogen-bond donors (Lipinski definition) is 1. The van der Waals surface area contributed by atoms with E-state index in [9.17, 15) is 24.1 Å². The van der Waals surface area contributed by atoms with Crippen molar-refractivity contribution in [3.05, 3.63) is 80.0 Å². The van der Waals surface area contributed by atoms with E-state index in [1.807, 2.05) is 12.3 Å². The van der Waals surface area contributed by atoms with Crippen molar-refractivity contribution in [3.8, 4) is 0 Å². The molecule has 0 saturated heterocycles. The summed E-state index contributed by atoms with van der Waals surface area (Å²) in [6.07, 6.45) is 0. The highest BCUT2D eigenvalue weighted by Crippen LogP contribution is 2.31. The van der Waals surface area contributed by atoms with E-state index >= 15 is 0 Å². The van der Waals surface area contributed by atoms with Crippen molar-refractivity contribution in [2.45, 2.75) is 18.4 Å². The van der Waals surface area contributed by atoms with E-state index < -0.39 is 16.6 Å². The van der Waals surface area contributed by atoms with Gasteiger partial charge in [0.2, 0.25) is 11.8 Å². The van der Waals surface area contributed by atoms with Crippen molar-refractivity contribution in [1.82, 2.24) is 4.98 Å². The number of hydrogen-bond acceptors (Lipinski definition) is 7. The minimum Gasteiger partial charge on any atom is -0.366 e. The van der Waals surface area contributed by atoms with E-state index in [4.69, 9.17) is 5.73 Å². The summed E-state index contributed by atoms with van der Waals surface area (Å²) in [5.74, 6) is -1.66. The lowest BCUT2D eigenvalue weighted by atomic mass is 10.2. The first-order valence-electron chi connectivity index (χ1n) is 8.92. The van der Waals surface area contributed by atoms with Crippen LogP contribution in [0, 0.1) is 22.9 Å². The van der Waals surface area contributed by atoms with Crippen LogP contribution in [0.2, 0.25) is 0 Å². The number of anilines is 1. The Morgan fingerprint density at radius 1 is 1.26 bits per heavy atom. The Morgan fingerprint density at radius 3 is 2.55 bits per heavy atom. The van der Waals surface area contributed by atoms with E-state index in [0.29, 0.717) is 11.4 Å². The number of carbonyl (C=O) groups excluding carboxylic acids is 2. The third-order valence-corrected chi connectivity index (χ3v) is 6.09. The lowest BCUT2D eigenvalue weighted by molar-refractivity contribution is -0.387. The van der Waals surface area contributed by atoms with Gasteiger partial charge in [0.1, 0.15) is 5.82 Å². The van der Waals surface area contributed by atoms with Crippen molar-refractivity contribution in [2.75, 3.05) is 10.7 Å². The van der Waals surface area contributed by atoms with Gasteiger partial charge in [-0.3, -0.25) is 19.7 Å². The molecule has 31 heavy (non-hydrogen) atoms. The van der Waals surface area contributed by atoms with Gasteiger partial charge in [0, 0.05) is 22.7 Å². The van der Waals surface area contributed by atoms with Crippen LogP contribution in [-0.4, -0.2) is 27.5 Å². The standard InChI is InChI=1S/C20H17FN4O4S2/c1-12-23-15(10-30-12)9-24(16-5-3-14(21)4-6-16)19(26)11-31-18-7-2-13(20(22)27)8-17(18)25(28)29/h2-8,10H,9,11H2,1H3,(H2,22,27). The molecule has 0 atom stereocenters. The number of thioether (sulfide) groups is 1. The fourth-order valence-corrected chi connectivity index (χ4v) is 4.22. The molecule has 3 rings (SSSR count). The molecule has 0 radical (unpaired) electrons. The molecule has 0 saturated carbocycles. The molecular formula is C20H17FN4O4S2. The molecule has 1 aromatic heterocycles. The maximum Gasteiger partial charge on any atom is 0.283 e. The van der Waals surface area contributed by atoms with Crippen LogP contribution >= 0.6 is 23.1 Å². The van der Waals surface area contributed by atoms with Gasteiger partial charge in [-0.05, 0) is 43.3 Å². The molecule has 0 bridgehead atoms. The molecule has 0 spiro atoms. The first-order chi connectivity index (χ1) is 14.7. The lowest BCUT2D eigenvalue weighted by Crippen LogP contribution is -2.32. The maximum atomic E-state index is 13.3. The van der Waals surface area contributed by atoms with Gasteiger partial charge in [-0.2, -0.15) is 0 Å². The topological polar surface area (TPSA) is 119 Å². The van der Waals surface area contributed by atoms with Crippen molar-refractivity contribution < 1.29 is 18.9 Å². The number of aryl methyl sites for hydroxylation is 1. The number of nitrogens with zero attached hydrogens (tertiary/aromatic N) is 3. The molecule has 2 aromatic carbocycles. The molecule has 3 aromatic rings. The van der Waals surface area contributed by atoms with Gasteiger partial charge in [0.25, 0.3) is 5.69 Å². The summed E-state index contributed by atoms with van der Waals surface area (Å²) in [4.78, 5) is 41.1. The Bertz CT molecular complexity index is 1130. The molecular weight excluding hydrogens is 443 g/mol. The number of halogens is 1. The number of nitrogens with two attached hydrogens (primary N) is 1. The number of amides is 2. The summed E-state index contributed by atoms with van der Waals surface area (Å²) in [5, 5.41) is 14.1. The number of nitro benzene ring substituents is 1. The molecule has 8 nitrogen and oxygen atoms in total. The molecule has 0 aliphatic rings. The molecule has 0 aliphatic carbocycles. The average molecular weight is 461 g/mol. The van der Waals surface area contributed by atoms with E-state index in [0.717, 1.165) is 22.8 Å². The van der Waals surface area contributed by atoms with Crippen LogP contribution in [0.15, 0.2) is 52.7 Å². The normalized spacial score (nSPS) is 10.6. The molecule has 2 N–H and O–H groups in total. The van der Waals surface area contributed by atoms with E-state index in [2.05, 4.69) is 4.98 Å². The molecule has 160 valence electrons. The average Bonchev–Trinajstić information content (AvgIpc) is 3.15. The van der Waals surface area contributed by atoms with Crippen LogP contribution in [0.1, 0.15) is 21.1 Å². The van der Waals surface area contributed by atoms with Gasteiger partial charge in [-0.1, -0.05) is 0 Å². The Balaban J connectivity index is 1.82. The third kappa shape index (κ3) is 5.64. The van der Waals surface area contributed by atoms with Crippen LogP contribution in [-0.2, 0) is 11.3 Å². The Kier molecular flexibility index (Phi) is 6.98. The number of rotatable bonds is 8. The fraction of sp³-hybridized carbons (Fsp3) is 0.150. The second-order valence-electron chi connectivity index (χ2n) is 6.41. The van der Waals surface area contributed by atoms with Gasteiger partial charge in [0.15, 0.2) is 0 Å². The summed E-state index contributed by atoms with van der Waals surface area (Å²) in [6.45, 7) is 2.03. The summed E-state index contributed by atoms with van der Waals surface area (Å²) >= 11 is 2.42. The van der Waals surface area contributed by atoms with Gasteiger partial charge in [-0.25, -0.2) is 9.37 Å². The zero-order valence-corrected chi connectivity index (χ0v) is 17.9. The highest BCUT2D eigenvalue weighted by molar-refractivity contribution is 8.00. The summed E-state index contributed by atoms with van der Waals surface area (Å²) < 4.78 is 13.3. The van der Waals surface area contributed by atoms with E-state index in [1.165, 1.54) is 52.6 Å². The number of carbonyl (C=O) groups is 2. The highest BCUT2D eigenvalue weighted by Gasteiger charge is 2.22.